The number of ether oxygens (including phenoxy) is 1. The number of aromatic nitrogens is 2. The lowest BCUT2D eigenvalue weighted by atomic mass is 10.1. The molecule has 0 fully saturated rings. The molecule has 0 aliphatic rings. The summed E-state index contributed by atoms with van der Waals surface area (Å²) >= 11 is 2.21. The zero-order valence-corrected chi connectivity index (χ0v) is 18.3. The molecule has 5 heteroatoms. The van der Waals surface area contributed by atoms with Crippen molar-refractivity contribution in [2.75, 3.05) is 7.11 Å². The third-order valence-corrected chi connectivity index (χ3v) is 5.46. The molecule has 0 N–H and O–H groups in total. The molecule has 0 bridgehead atoms. The van der Waals surface area contributed by atoms with Crippen molar-refractivity contribution in [3.8, 4) is 11.4 Å². The van der Waals surface area contributed by atoms with Gasteiger partial charge in [0.1, 0.15) is 11.6 Å². The summed E-state index contributed by atoms with van der Waals surface area (Å²) in [5.41, 5.74) is 3.59. The van der Waals surface area contributed by atoms with Gasteiger partial charge in [0.15, 0.2) is 0 Å². The first-order valence-corrected chi connectivity index (χ1v) is 10.2. The first kappa shape index (κ1) is 19.4. The highest BCUT2D eigenvalue weighted by Crippen LogP contribution is 2.20. The van der Waals surface area contributed by atoms with Crippen molar-refractivity contribution in [1.82, 2.24) is 9.55 Å². The zero-order chi connectivity index (χ0) is 20.4. The Bertz CT molecular complexity index is 1270. The van der Waals surface area contributed by atoms with E-state index in [2.05, 4.69) is 35.6 Å². The van der Waals surface area contributed by atoms with E-state index in [4.69, 9.17) is 9.72 Å². The van der Waals surface area contributed by atoms with Gasteiger partial charge in [-0.2, -0.15) is 0 Å². The fraction of sp³-hybridized carbons (Fsp3) is 0.0833. The first-order valence-electron chi connectivity index (χ1n) is 9.17. The van der Waals surface area contributed by atoms with Gasteiger partial charge in [-0.3, -0.25) is 9.36 Å². The van der Waals surface area contributed by atoms with E-state index in [-0.39, 0.29) is 5.56 Å². The first-order chi connectivity index (χ1) is 14.1. The maximum Gasteiger partial charge on any atom is 0.266 e. The minimum absolute atomic E-state index is 0.0943. The number of fused-ring (bicyclic) bond motifs is 1. The Morgan fingerprint density at radius 1 is 1.00 bits per heavy atom. The molecule has 0 unspecified atom stereocenters. The van der Waals surface area contributed by atoms with Crippen molar-refractivity contribution in [3.05, 3.63) is 97.6 Å². The Hall–Kier alpha value is -2.93. The van der Waals surface area contributed by atoms with Crippen LogP contribution in [0.4, 0.5) is 0 Å². The monoisotopic (exact) mass is 494 g/mol. The van der Waals surface area contributed by atoms with Gasteiger partial charge in [-0.1, -0.05) is 30.3 Å². The van der Waals surface area contributed by atoms with Crippen LogP contribution in [0.1, 0.15) is 17.0 Å². The zero-order valence-electron chi connectivity index (χ0n) is 16.1. The normalized spacial score (nSPS) is 11.3. The average molecular weight is 494 g/mol. The number of rotatable bonds is 4. The van der Waals surface area contributed by atoms with Gasteiger partial charge in [0.2, 0.25) is 0 Å². The molecule has 1 aromatic heterocycles. The SMILES string of the molecule is COc1ccc(-n2c(/C=C/c3ccccc3C)nc3ccc(I)cc3c2=O)cc1. The van der Waals surface area contributed by atoms with Gasteiger partial charge in [-0.25, -0.2) is 4.98 Å². The van der Waals surface area contributed by atoms with Gasteiger partial charge in [0.25, 0.3) is 5.56 Å². The van der Waals surface area contributed by atoms with Crippen molar-refractivity contribution in [2.24, 2.45) is 0 Å². The molecule has 4 rings (SSSR count). The van der Waals surface area contributed by atoms with E-state index >= 15 is 0 Å². The van der Waals surface area contributed by atoms with E-state index in [0.717, 1.165) is 26.1 Å². The summed E-state index contributed by atoms with van der Waals surface area (Å²) in [6, 6.07) is 21.3. The van der Waals surface area contributed by atoms with Crippen LogP contribution in [-0.4, -0.2) is 16.7 Å². The molecule has 3 aromatic carbocycles. The lowest BCUT2D eigenvalue weighted by molar-refractivity contribution is 0.414. The number of aryl methyl sites for hydroxylation is 1. The quantitative estimate of drug-likeness (QED) is 0.353. The highest BCUT2D eigenvalue weighted by atomic mass is 127. The third-order valence-electron chi connectivity index (χ3n) is 4.79. The van der Waals surface area contributed by atoms with Crippen molar-refractivity contribution in [1.29, 1.82) is 0 Å². The second-order valence-corrected chi connectivity index (χ2v) is 7.91. The smallest absolute Gasteiger partial charge is 0.266 e. The molecule has 1 heterocycles. The lowest BCUT2D eigenvalue weighted by Gasteiger charge is -2.12. The summed E-state index contributed by atoms with van der Waals surface area (Å²) in [5, 5.41) is 0.598. The van der Waals surface area contributed by atoms with E-state index in [1.165, 1.54) is 0 Å². The van der Waals surface area contributed by atoms with Crippen LogP contribution < -0.4 is 10.3 Å². The molecule has 0 saturated heterocycles. The Morgan fingerprint density at radius 3 is 2.48 bits per heavy atom. The van der Waals surface area contributed by atoms with Gasteiger partial charge in [-0.05, 0) is 89.2 Å². The van der Waals surface area contributed by atoms with Gasteiger partial charge < -0.3 is 4.74 Å². The molecule has 0 saturated carbocycles. The number of hydrogen-bond donors (Lipinski definition) is 0. The van der Waals surface area contributed by atoms with E-state index in [9.17, 15) is 4.79 Å². The van der Waals surface area contributed by atoms with E-state index < -0.39 is 0 Å². The van der Waals surface area contributed by atoms with Crippen molar-refractivity contribution < 1.29 is 4.74 Å². The number of nitrogens with zero attached hydrogens (tertiary/aromatic N) is 2. The van der Waals surface area contributed by atoms with E-state index in [1.54, 1.807) is 11.7 Å². The molecule has 0 aliphatic carbocycles. The number of methoxy groups -OCH3 is 1. The Balaban J connectivity index is 1.95. The average Bonchev–Trinajstić information content (AvgIpc) is 2.74. The molecular formula is C24H19IN2O2. The minimum Gasteiger partial charge on any atom is -0.497 e. The van der Waals surface area contributed by atoms with Crippen LogP contribution in [0.2, 0.25) is 0 Å². The lowest BCUT2D eigenvalue weighted by Crippen LogP contribution is -2.22. The number of hydrogen-bond acceptors (Lipinski definition) is 3. The molecular weight excluding hydrogens is 475 g/mol. The molecule has 4 nitrogen and oxygen atoms in total. The predicted octanol–water partition coefficient (Wildman–Crippen LogP) is 5.48. The van der Waals surface area contributed by atoms with Gasteiger partial charge in [0.05, 0.1) is 23.7 Å². The molecule has 0 amide bonds. The van der Waals surface area contributed by atoms with E-state index in [0.29, 0.717) is 16.7 Å². The second kappa shape index (κ2) is 8.21. The predicted molar refractivity (Wildman–Crippen MR) is 127 cm³/mol. The van der Waals surface area contributed by atoms with E-state index in [1.807, 2.05) is 72.8 Å². The van der Waals surface area contributed by atoms with Crippen LogP contribution in [-0.2, 0) is 0 Å². The fourth-order valence-corrected chi connectivity index (χ4v) is 3.70. The Kier molecular flexibility index (Phi) is 5.49. The molecule has 29 heavy (non-hydrogen) atoms. The van der Waals surface area contributed by atoms with Crippen LogP contribution >= 0.6 is 22.6 Å². The van der Waals surface area contributed by atoms with Crippen LogP contribution in [0.5, 0.6) is 5.75 Å². The highest BCUT2D eigenvalue weighted by molar-refractivity contribution is 14.1. The molecule has 0 spiro atoms. The largest absolute Gasteiger partial charge is 0.497 e. The summed E-state index contributed by atoms with van der Waals surface area (Å²) in [7, 11) is 1.62. The van der Waals surface area contributed by atoms with Gasteiger partial charge in [0, 0.05) is 3.57 Å². The second-order valence-electron chi connectivity index (χ2n) is 6.66. The van der Waals surface area contributed by atoms with Crippen molar-refractivity contribution in [3.63, 3.8) is 0 Å². The number of halogens is 1. The molecule has 0 radical (unpaired) electrons. The van der Waals surface area contributed by atoms with Gasteiger partial charge >= 0.3 is 0 Å². The fourth-order valence-electron chi connectivity index (χ4n) is 3.21. The highest BCUT2D eigenvalue weighted by Gasteiger charge is 2.12. The molecule has 0 aliphatic heterocycles. The summed E-state index contributed by atoms with van der Waals surface area (Å²) in [6.45, 7) is 2.06. The summed E-state index contributed by atoms with van der Waals surface area (Å²) in [6.07, 6.45) is 3.89. The third kappa shape index (κ3) is 3.96. The minimum atomic E-state index is -0.0943. The van der Waals surface area contributed by atoms with Crippen LogP contribution in [0.3, 0.4) is 0 Å². The topological polar surface area (TPSA) is 44.1 Å². The summed E-state index contributed by atoms with van der Waals surface area (Å²) in [4.78, 5) is 18.2. The maximum atomic E-state index is 13.4. The van der Waals surface area contributed by atoms with Crippen LogP contribution in [0.25, 0.3) is 28.7 Å². The Labute approximate surface area is 182 Å². The molecule has 0 atom stereocenters. The summed E-state index contributed by atoms with van der Waals surface area (Å²) in [5.74, 6) is 1.32. The van der Waals surface area contributed by atoms with Crippen LogP contribution in [0, 0.1) is 10.5 Å². The Morgan fingerprint density at radius 2 is 1.76 bits per heavy atom. The number of benzene rings is 3. The summed E-state index contributed by atoms with van der Waals surface area (Å²) < 4.78 is 7.90. The molecule has 144 valence electrons. The van der Waals surface area contributed by atoms with Crippen molar-refractivity contribution >= 4 is 45.6 Å². The molecule has 4 aromatic rings. The standard InChI is InChI=1S/C24H19IN2O2/c1-16-5-3-4-6-17(16)7-14-23-26-22-13-8-18(25)15-21(22)24(28)27(23)19-9-11-20(29-2)12-10-19/h3-15H,1-2H3/b14-7+. The van der Waals surface area contributed by atoms with Crippen molar-refractivity contribution in [2.45, 2.75) is 6.92 Å². The van der Waals surface area contributed by atoms with Gasteiger partial charge in [-0.15, -0.1) is 0 Å². The maximum absolute atomic E-state index is 13.4. The van der Waals surface area contributed by atoms with Crippen LogP contribution in [0.15, 0.2) is 71.5 Å².